The quantitative estimate of drug-likeness (QED) is 0.0261. The summed E-state index contributed by atoms with van der Waals surface area (Å²) in [5.41, 5.74) is 0. The molecule has 0 spiro atoms. The first kappa shape index (κ1) is 69.5. The van der Waals surface area contributed by atoms with E-state index in [1.807, 2.05) is 0 Å². The van der Waals surface area contributed by atoms with E-state index >= 15 is 0 Å². The Morgan fingerprint density at radius 3 is 0.824 bits per heavy atom. The van der Waals surface area contributed by atoms with Crippen LogP contribution in [0.3, 0.4) is 0 Å². The van der Waals surface area contributed by atoms with Crippen LogP contribution in [-0.4, -0.2) is 37.2 Å². The molecule has 0 amide bonds. The lowest BCUT2D eigenvalue weighted by Crippen LogP contribution is -2.30. The fourth-order valence-electron chi connectivity index (χ4n) is 7.94. The highest BCUT2D eigenvalue weighted by Gasteiger charge is 2.19. The van der Waals surface area contributed by atoms with Crippen LogP contribution in [0.5, 0.6) is 0 Å². The molecule has 0 heterocycles. The van der Waals surface area contributed by atoms with Crippen molar-refractivity contribution in [2.24, 2.45) is 0 Å². The van der Waals surface area contributed by atoms with Gasteiger partial charge in [0, 0.05) is 19.3 Å². The van der Waals surface area contributed by atoms with Crippen LogP contribution in [-0.2, 0) is 28.6 Å². The molecule has 0 saturated carbocycles. The summed E-state index contributed by atoms with van der Waals surface area (Å²) in [6.45, 7) is 6.37. The molecule has 0 aliphatic heterocycles. The van der Waals surface area contributed by atoms with Crippen molar-refractivity contribution in [2.45, 2.75) is 264 Å². The fourth-order valence-corrected chi connectivity index (χ4v) is 7.94. The number of carbonyl (C=O) groups is 3. The largest absolute Gasteiger partial charge is 0.462 e. The van der Waals surface area contributed by atoms with Gasteiger partial charge in [-0.3, -0.25) is 14.4 Å². The Labute approximate surface area is 455 Å². The third kappa shape index (κ3) is 58.4. The van der Waals surface area contributed by atoms with E-state index < -0.39 is 6.10 Å². The Kier molecular flexibility index (Phi) is 57.4. The van der Waals surface area contributed by atoms with Gasteiger partial charge in [0.25, 0.3) is 0 Å². The molecule has 0 aliphatic rings. The SMILES string of the molecule is CC/C=C\C/C=C\C/C=C\C/C=C\C/C=C\C/C=C\C/C=C\CCCCCCCCCC(=O)OCC(COC(=O)CCCCCCCCCCCC)OC(=O)CCCCCC/C=C\C/C=C\C/C=C\C/C=C\CC. The normalized spacial score (nSPS) is 13.1. The maximum atomic E-state index is 12.8. The number of esters is 3. The average molecular weight is 1020 g/mol. The molecule has 0 N–H and O–H groups in total. The van der Waals surface area contributed by atoms with Crippen molar-refractivity contribution in [1.29, 1.82) is 0 Å². The van der Waals surface area contributed by atoms with E-state index in [1.165, 1.54) is 70.6 Å². The zero-order chi connectivity index (χ0) is 53.6. The summed E-state index contributed by atoms with van der Waals surface area (Å²) in [4.78, 5) is 38.1. The summed E-state index contributed by atoms with van der Waals surface area (Å²) in [6, 6.07) is 0. The first-order valence-electron chi connectivity index (χ1n) is 30.2. The van der Waals surface area contributed by atoms with Gasteiger partial charge in [-0.05, 0) is 116 Å². The molecule has 6 nitrogen and oxygen atoms in total. The molecule has 0 aromatic carbocycles. The summed E-state index contributed by atoms with van der Waals surface area (Å²) in [7, 11) is 0. The molecule has 1 atom stereocenters. The first-order chi connectivity index (χ1) is 36.5. The van der Waals surface area contributed by atoms with Gasteiger partial charge >= 0.3 is 17.9 Å². The third-order valence-corrected chi connectivity index (χ3v) is 12.4. The lowest BCUT2D eigenvalue weighted by atomic mass is 10.1. The summed E-state index contributed by atoms with van der Waals surface area (Å²) < 4.78 is 16.8. The van der Waals surface area contributed by atoms with Crippen LogP contribution in [0.25, 0.3) is 0 Å². The third-order valence-electron chi connectivity index (χ3n) is 12.4. The number of unbranched alkanes of at least 4 members (excludes halogenated alkanes) is 20. The number of ether oxygens (including phenoxy) is 3. The molecule has 1 unspecified atom stereocenters. The number of hydrogen-bond donors (Lipinski definition) is 0. The predicted octanol–water partition coefficient (Wildman–Crippen LogP) is 20.6. The van der Waals surface area contributed by atoms with Crippen molar-refractivity contribution < 1.29 is 28.6 Å². The van der Waals surface area contributed by atoms with Gasteiger partial charge in [0.15, 0.2) is 6.10 Å². The molecule has 0 aromatic rings. The Bertz CT molecular complexity index is 1600. The van der Waals surface area contributed by atoms with E-state index in [0.29, 0.717) is 19.3 Å². The fraction of sp³-hybridized carbons (Fsp3) is 0.632. The van der Waals surface area contributed by atoms with Crippen molar-refractivity contribution in [3.05, 3.63) is 134 Å². The molecular weight excluding hydrogens is 913 g/mol. The highest BCUT2D eigenvalue weighted by atomic mass is 16.6. The molecule has 74 heavy (non-hydrogen) atoms. The van der Waals surface area contributed by atoms with E-state index in [2.05, 4.69) is 154 Å². The molecule has 0 rings (SSSR count). The van der Waals surface area contributed by atoms with E-state index in [-0.39, 0.29) is 31.1 Å². The van der Waals surface area contributed by atoms with Crippen LogP contribution in [0.15, 0.2) is 134 Å². The summed E-state index contributed by atoms with van der Waals surface area (Å²) in [5.74, 6) is -0.932. The summed E-state index contributed by atoms with van der Waals surface area (Å²) >= 11 is 0. The molecule has 0 saturated heterocycles. The van der Waals surface area contributed by atoms with E-state index in [1.54, 1.807) is 0 Å². The second kappa shape index (κ2) is 61.1. The minimum atomic E-state index is -0.798. The maximum Gasteiger partial charge on any atom is 0.306 e. The van der Waals surface area contributed by atoms with Crippen LogP contribution >= 0.6 is 0 Å². The molecule has 6 heteroatoms. The van der Waals surface area contributed by atoms with Gasteiger partial charge in [-0.1, -0.05) is 257 Å². The molecule has 0 aromatic heterocycles. The monoisotopic (exact) mass is 1020 g/mol. The lowest BCUT2D eigenvalue weighted by molar-refractivity contribution is -0.167. The highest BCUT2D eigenvalue weighted by Crippen LogP contribution is 2.14. The second-order valence-corrected chi connectivity index (χ2v) is 19.5. The van der Waals surface area contributed by atoms with Gasteiger partial charge < -0.3 is 14.2 Å². The topological polar surface area (TPSA) is 78.9 Å². The number of hydrogen-bond acceptors (Lipinski definition) is 6. The van der Waals surface area contributed by atoms with Gasteiger partial charge in [0.1, 0.15) is 13.2 Å². The summed E-state index contributed by atoms with van der Waals surface area (Å²) in [6.07, 6.45) is 85.9. The molecule has 0 aliphatic carbocycles. The lowest BCUT2D eigenvalue weighted by Gasteiger charge is -2.18. The summed E-state index contributed by atoms with van der Waals surface area (Å²) in [5, 5.41) is 0. The van der Waals surface area contributed by atoms with Crippen LogP contribution < -0.4 is 0 Å². The first-order valence-corrected chi connectivity index (χ1v) is 30.2. The van der Waals surface area contributed by atoms with Crippen LogP contribution in [0.2, 0.25) is 0 Å². The Morgan fingerprint density at radius 1 is 0.284 bits per heavy atom. The number of carbonyl (C=O) groups excluding carboxylic acids is 3. The van der Waals surface area contributed by atoms with Crippen molar-refractivity contribution in [3.63, 3.8) is 0 Å². The highest BCUT2D eigenvalue weighted by molar-refractivity contribution is 5.71. The van der Waals surface area contributed by atoms with Crippen LogP contribution in [0.4, 0.5) is 0 Å². The van der Waals surface area contributed by atoms with E-state index in [0.717, 1.165) is 148 Å². The number of allylic oxidation sites excluding steroid dienone is 22. The second-order valence-electron chi connectivity index (χ2n) is 19.5. The van der Waals surface area contributed by atoms with Gasteiger partial charge in [-0.2, -0.15) is 0 Å². The van der Waals surface area contributed by atoms with Crippen LogP contribution in [0, 0.1) is 0 Å². The van der Waals surface area contributed by atoms with E-state index in [4.69, 9.17) is 14.2 Å². The zero-order valence-corrected chi connectivity index (χ0v) is 47.8. The standard InChI is InChI=1S/C68H110O6/c1-4-7-10-13-16-19-22-24-26-28-29-30-31-32-33-34-35-36-37-38-39-41-42-44-46-49-52-55-58-61-67(70)73-64-65(63-72-66(69)60-57-54-51-48-21-18-15-12-9-6-3)74-68(71)62-59-56-53-50-47-45-43-40-27-25-23-20-17-14-11-8-5-2/h7-8,10-11,16-17,19-20,24-27,29-30,32-33,35-36,38-39,43,45,65H,4-6,9,12-15,18,21-23,28,31,34,37,40-42,44,46-64H2,1-3H3/b10-7-,11-8-,19-16-,20-17-,26-24-,27-25-,30-29-,33-32-,36-35-,39-38-,45-43-. The minimum absolute atomic E-state index is 0.0935. The van der Waals surface area contributed by atoms with Crippen molar-refractivity contribution >= 4 is 17.9 Å². The molecule has 0 radical (unpaired) electrons. The molecule has 418 valence electrons. The van der Waals surface area contributed by atoms with Crippen molar-refractivity contribution in [1.82, 2.24) is 0 Å². The van der Waals surface area contributed by atoms with Gasteiger partial charge in [-0.15, -0.1) is 0 Å². The average Bonchev–Trinajstić information content (AvgIpc) is 3.40. The van der Waals surface area contributed by atoms with Crippen molar-refractivity contribution in [2.75, 3.05) is 13.2 Å². The number of rotatable bonds is 53. The Balaban J connectivity index is 4.32. The van der Waals surface area contributed by atoms with Gasteiger partial charge in [0.2, 0.25) is 0 Å². The minimum Gasteiger partial charge on any atom is -0.462 e. The molecule has 0 bridgehead atoms. The molecular formula is C68H110O6. The van der Waals surface area contributed by atoms with Gasteiger partial charge in [0.05, 0.1) is 0 Å². The van der Waals surface area contributed by atoms with E-state index in [9.17, 15) is 14.4 Å². The van der Waals surface area contributed by atoms with Gasteiger partial charge in [-0.25, -0.2) is 0 Å². The Morgan fingerprint density at radius 2 is 0.527 bits per heavy atom. The Hall–Kier alpha value is -4.45. The zero-order valence-electron chi connectivity index (χ0n) is 47.8. The van der Waals surface area contributed by atoms with Crippen molar-refractivity contribution in [3.8, 4) is 0 Å². The predicted molar refractivity (Wildman–Crippen MR) is 320 cm³/mol. The van der Waals surface area contributed by atoms with Crippen LogP contribution in [0.1, 0.15) is 258 Å². The molecule has 0 fully saturated rings. The maximum absolute atomic E-state index is 12.8. The smallest absolute Gasteiger partial charge is 0.306 e.